The minimum Gasteiger partial charge on any atom is -0.392 e. The molecule has 1 N–H and O–H groups in total. The van der Waals surface area contributed by atoms with E-state index in [4.69, 9.17) is 21.4 Å². The molecule has 0 aliphatic heterocycles. The molecule has 0 amide bonds. The lowest BCUT2D eigenvalue weighted by molar-refractivity contribution is 0.154. The lowest BCUT2D eigenvalue weighted by Crippen LogP contribution is -2.28. The van der Waals surface area contributed by atoms with Crippen molar-refractivity contribution in [2.45, 2.75) is 20.5 Å². The molecular weight excluding hydrogens is 240 g/mol. The van der Waals surface area contributed by atoms with E-state index >= 15 is 0 Å². The summed E-state index contributed by atoms with van der Waals surface area (Å²) in [6.45, 7) is 6.92. The van der Waals surface area contributed by atoms with E-state index in [1.54, 1.807) is 12.3 Å². The fraction of sp³-hybridized carbons (Fsp3) is 0.583. The Hall–Kier alpha value is -0.840. The van der Waals surface area contributed by atoms with Crippen LogP contribution in [0.15, 0.2) is 12.3 Å². The molecule has 0 saturated carbocycles. The van der Waals surface area contributed by atoms with E-state index in [2.05, 4.69) is 9.88 Å². The first-order valence-electron chi connectivity index (χ1n) is 5.80. The standard InChI is InChI=1S/C12H19ClN2O2/c1-3-15(5-6-17-4-2)12-11(13)7-10(9-16)8-14-12/h7-8,16H,3-6,9H2,1-2H3. The van der Waals surface area contributed by atoms with Crippen LogP contribution in [0.25, 0.3) is 0 Å². The second kappa shape index (κ2) is 7.48. The summed E-state index contributed by atoms with van der Waals surface area (Å²) in [6, 6.07) is 1.74. The Morgan fingerprint density at radius 1 is 1.47 bits per heavy atom. The molecule has 0 saturated heterocycles. The van der Waals surface area contributed by atoms with Gasteiger partial charge in [0.2, 0.25) is 0 Å². The Labute approximate surface area is 107 Å². The fourth-order valence-electron chi connectivity index (χ4n) is 1.52. The van der Waals surface area contributed by atoms with Crippen LogP contribution in [0.5, 0.6) is 0 Å². The number of anilines is 1. The molecular formula is C12H19ClN2O2. The molecule has 1 aromatic rings. The van der Waals surface area contributed by atoms with Gasteiger partial charge in [0.15, 0.2) is 0 Å². The third-order valence-corrected chi connectivity index (χ3v) is 2.73. The van der Waals surface area contributed by atoms with Gasteiger partial charge < -0.3 is 14.7 Å². The highest BCUT2D eigenvalue weighted by Crippen LogP contribution is 2.23. The van der Waals surface area contributed by atoms with Crippen LogP contribution < -0.4 is 4.90 Å². The van der Waals surface area contributed by atoms with Crippen LogP contribution in [0.3, 0.4) is 0 Å². The van der Waals surface area contributed by atoms with Crippen LogP contribution in [0.4, 0.5) is 5.82 Å². The topological polar surface area (TPSA) is 45.6 Å². The van der Waals surface area contributed by atoms with Crippen LogP contribution in [-0.2, 0) is 11.3 Å². The van der Waals surface area contributed by atoms with Gasteiger partial charge in [-0.2, -0.15) is 0 Å². The smallest absolute Gasteiger partial charge is 0.147 e. The van der Waals surface area contributed by atoms with Gasteiger partial charge in [0.25, 0.3) is 0 Å². The van der Waals surface area contributed by atoms with Crippen molar-refractivity contribution in [2.24, 2.45) is 0 Å². The third kappa shape index (κ3) is 4.15. The maximum atomic E-state index is 8.99. The van der Waals surface area contributed by atoms with Gasteiger partial charge in [-0.15, -0.1) is 0 Å². The number of aliphatic hydroxyl groups is 1. The van der Waals surface area contributed by atoms with Crippen molar-refractivity contribution in [3.63, 3.8) is 0 Å². The van der Waals surface area contributed by atoms with Crippen molar-refractivity contribution < 1.29 is 9.84 Å². The molecule has 0 bridgehead atoms. The number of hydrogen-bond acceptors (Lipinski definition) is 4. The summed E-state index contributed by atoms with van der Waals surface area (Å²) in [4.78, 5) is 6.33. The van der Waals surface area contributed by atoms with Gasteiger partial charge in [-0.25, -0.2) is 4.98 Å². The van der Waals surface area contributed by atoms with Gasteiger partial charge in [-0.3, -0.25) is 0 Å². The van der Waals surface area contributed by atoms with Gasteiger partial charge >= 0.3 is 0 Å². The summed E-state index contributed by atoms with van der Waals surface area (Å²) >= 11 is 6.14. The zero-order valence-electron chi connectivity index (χ0n) is 10.3. The largest absolute Gasteiger partial charge is 0.392 e. The maximum absolute atomic E-state index is 8.99. The quantitative estimate of drug-likeness (QED) is 0.761. The molecule has 1 heterocycles. The summed E-state index contributed by atoms with van der Waals surface area (Å²) < 4.78 is 5.32. The number of ether oxygens (including phenoxy) is 1. The van der Waals surface area contributed by atoms with Gasteiger partial charge in [-0.1, -0.05) is 11.6 Å². The Morgan fingerprint density at radius 2 is 2.24 bits per heavy atom. The van der Waals surface area contributed by atoms with Crippen molar-refractivity contribution in [1.82, 2.24) is 4.98 Å². The van der Waals surface area contributed by atoms with E-state index < -0.39 is 0 Å². The minimum atomic E-state index is -0.0436. The van der Waals surface area contributed by atoms with Crippen LogP contribution in [0, 0.1) is 0 Å². The molecule has 0 atom stereocenters. The average Bonchev–Trinajstić information content (AvgIpc) is 2.35. The summed E-state index contributed by atoms with van der Waals surface area (Å²) in [6.07, 6.45) is 1.64. The third-order valence-electron chi connectivity index (χ3n) is 2.45. The van der Waals surface area contributed by atoms with Gasteiger partial charge in [-0.05, 0) is 25.5 Å². The molecule has 0 spiro atoms. The fourth-order valence-corrected chi connectivity index (χ4v) is 1.83. The Kier molecular flexibility index (Phi) is 6.26. The van der Waals surface area contributed by atoms with E-state index in [9.17, 15) is 0 Å². The summed E-state index contributed by atoms with van der Waals surface area (Å²) in [5.74, 6) is 0.742. The van der Waals surface area contributed by atoms with Crippen molar-refractivity contribution in [2.75, 3.05) is 31.2 Å². The lowest BCUT2D eigenvalue weighted by Gasteiger charge is -2.22. The van der Waals surface area contributed by atoms with Crippen LogP contribution >= 0.6 is 11.6 Å². The number of hydrogen-bond donors (Lipinski definition) is 1. The van der Waals surface area contributed by atoms with E-state index in [1.807, 2.05) is 13.8 Å². The molecule has 0 fully saturated rings. The van der Waals surface area contributed by atoms with E-state index in [0.29, 0.717) is 18.2 Å². The number of aliphatic hydroxyl groups excluding tert-OH is 1. The number of likely N-dealkylation sites (N-methyl/N-ethyl adjacent to an activating group) is 1. The van der Waals surface area contributed by atoms with Gasteiger partial charge in [0, 0.05) is 25.9 Å². The first-order valence-corrected chi connectivity index (χ1v) is 6.18. The number of pyridine rings is 1. The highest BCUT2D eigenvalue weighted by Gasteiger charge is 2.10. The SMILES string of the molecule is CCOCCN(CC)c1ncc(CO)cc1Cl. The number of aromatic nitrogens is 1. The normalized spacial score (nSPS) is 10.6. The number of halogens is 1. The van der Waals surface area contributed by atoms with Crippen molar-refractivity contribution >= 4 is 17.4 Å². The Bertz CT molecular complexity index is 347. The molecule has 17 heavy (non-hydrogen) atoms. The maximum Gasteiger partial charge on any atom is 0.147 e. The first kappa shape index (κ1) is 14.2. The molecule has 0 unspecified atom stereocenters. The molecule has 1 rings (SSSR count). The lowest BCUT2D eigenvalue weighted by atomic mass is 10.3. The van der Waals surface area contributed by atoms with Crippen molar-refractivity contribution in [3.05, 3.63) is 22.8 Å². The molecule has 4 nitrogen and oxygen atoms in total. The second-order valence-electron chi connectivity index (χ2n) is 3.58. The van der Waals surface area contributed by atoms with Crippen LogP contribution in [0.1, 0.15) is 19.4 Å². The molecule has 0 aromatic carbocycles. The first-order chi connectivity index (χ1) is 8.22. The molecule has 96 valence electrons. The summed E-state index contributed by atoms with van der Waals surface area (Å²) in [5.41, 5.74) is 0.722. The van der Waals surface area contributed by atoms with E-state index in [0.717, 1.165) is 24.5 Å². The Balaban J connectivity index is 2.73. The summed E-state index contributed by atoms with van der Waals surface area (Å²) in [7, 11) is 0. The Morgan fingerprint density at radius 3 is 2.76 bits per heavy atom. The zero-order valence-corrected chi connectivity index (χ0v) is 11.1. The molecule has 1 aromatic heterocycles. The van der Waals surface area contributed by atoms with Gasteiger partial charge in [0.1, 0.15) is 5.82 Å². The van der Waals surface area contributed by atoms with Crippen molar-refractivity contribution in [3.8, 4) is 0 Å². The van der Waals surface area contributed by atoms with Gasteiger partial charge in [0.05, 0.1) is 18.2 Å². The van der Waals surface area contributed by atoms with E-state index in [-0.39, 0.29) is 6.61 Å². The molecule has 0 aliphatic carbocycles. The number of nitrogens with zero attached hydrogens (tertiary/aromatic N) is 2. The zero-order chi connectivity index (χ0) is 12.7. The predicted octanol–water partition coefficient (Wildman–Crippen LogP) is 2.09. The van der Waals surface area contributed by atoms with E-state index in [1.165, 1.54) is 0 Å². The summed E-state index contributed by atoms with van der Waals surface area (Å²) in [5, 5.41) is 9.55. The molecule has 0 radical (unpaired) electrons. The van der Waals surface area contributed by atoms with Crippen LogP contribution in [0.2, 0.25) is 5.02 Å². The van der Waals surface area contributed by atoms with Crippen LogP contribution in [-0.4, -0.2) is 36.4 Å². The minimum absolute atomic E-state index is 0.0436. The second-order valence-corrected chi connectivity index (χ2v) is 3.99. The van der Waals surface area contributed by atoms with Crippen molar-refractivity contribution in [1.29, 1.82) is 0 Å². The predicted molar refractivity (Wildman–Crippen MR) is 69.5 cm³/mol. The average molecular weight is 259 g/mol. The molecule has 5 heteroatoms. The monoisotopic (exact) mass is 258 g/mol. The number of rotatable bonds is 7. The highest BCUT2D eigenvalue weighted by molar-refractivity contribution is 6.33. The highest BCUT2D eigenvalue weighted by atomic mass is 35.5. The molecule has 0 aliphatic rings.